The molecular formula is C25H42N4O. The number of rotatable bonds is 4. The average Bonchev–Trinajstić information content (AvgIpc) is 3.29. The summed E-state index contributed by atoms with van der Waals surface area (Å²) in [5.74, 6) is 6.60. The zero-order valence-electron chi connectivity index (χ0n) is 19.6. The highest BCUT2D eigenvalue weighted by atomic mass is 16.3. The number of aryl methyl sites for hydroxylation is 1. The highest BCUT2D eigenvalue weighted by Crippen LogP contribution is 2.65. The first-order chi connectivity index (χ1) is 14.3. The number of aliphatic hydroxyl groups is 1. The van der Waals surface area contributed by atoms with Gasteiger partial charge in [-0.1, -0.05) is 20.8 Å². The Bertz CT molecular complexity index is 764. The molecule has 30 heavy (non-hydrogen) atoms. The Morgan fingerprint density at radius 3 is 2.60 bits per heavy atom. The number of fused-ring (bicyclic) bond motifs is 5. The van der Waals surface area contributed by atoms with Crippen LogP contribution < -0.4 is 0 Å². The second-order valence-corrected chi connectivity index (χ2v) is 11.9. The number of aromatic nitrogens is 4. The molecule has 1 aromatic rings. The lowest BCUT2D eigenvalue weighted by Crippen LogP contribution is -2.51. The van der Waals surface area contributed by atoms with Crippen molar-refractivity contribution in [1.82, 2.24) is 20.2 Å². The van der Waals surface area contributed by atoms with Crippen molar-refractivity contribution in [3.8, 4) is 0 Å². The number of tetrazole rings is 1. The van der Waals surface area contributed by atoms with E-state index in [1.807, 2.05) is 11.7 Å². The molecular weight excluding hydrogens is 372 g/mol. The molecule has 0 spiro atoms. The van der Waals surface area contributed by atoms with Crippen LogP contribution in [0.25, 0.3) is 0 Å². The molecule has 1 heterocycles. The van der Waals surface area contributed by atoms with Gasteiger partial charge in [-0.3, -0.25) is 0 Å². The van der Waals surface area contributed by atoms with Crippen LogP contribution in [0.3, 0.4) is 0 Å². The van der Waals surface area contributed by atoms with Gasteiger partial charge in [0.25, 0.3) is 0 Å². The summed E-state index contributed by atoms with van der Waals surface area (Å²) in [5.41, 5.74) is 0.126. The van der Waals surface area contributed by atoms with Crippen LogP contribution in [0, 0.1) is 53.8 Å². The molecule has 4 fully saturated rings. The van der Waals surface area contributed by atoms with Crippen LogP contribution in [0.4, 0.5) is 0 Å². The Hall–Kier alpha value is -0.970. The largest absolute Gasteiger partial charge is 0.390 e. The van der Waals surface area contributed by atoms with Crippen molar-refractivity contribution in [2.75, 3.05) is 0 Å². The summed E-state index contributed by atoms with van der Waals surface area (Å²) in [4.78, 5) is 1.82. The normalized spacial score (nSPS) is 46.7. The van der Waals surface area contributed by atoms with Crippen molar-refractivity contribution < 1.29 is 5.11 Å². The molecule has 0 aromatic carbocycles. The minimum Gasteiger partial charge on any atom is -0.390 e. The third-order valence-electron chi connectivity index (χ3n) is 10.5. The lowest BCUT2D eigenvalue weighted by Gasteiger charge is -2.57. The summed E-state index contributed by atoms with van der Waals surface area (Å²) >= 11 is 0. The molecule has 5 heteroatoms. The van der Waals surface area contributed by atoms with Gasteiger partial charge in [-0.05, 0) is 123 Å². The lowest BCUT2D eigenvalue weighted by molar-refractivity contribution is -0.109. The van der Waals surface area contributed by atoms with Crippen LogP contribution in [0.5, 0.6) is 0 Å². The monoisotopic (exact) mass is 414 g/mol. The van der Waals surface area contributed by atoms with E-state index in [2.05, 4.69) is 36.2 Å². The molecule has 0 unspecified atom stereocenters. The Labute approximate surface area is 182 Å². The summed E-state index contributed by atoms with van der Waals surface area (Å²) in [6.07, 6.45) is 12.7. The summed E-state index contributed by atoms with van der Waals surface area (Å²) in [6, 6.07) is 0. The summed E-state index contributed by atoms with van der Waals surface area (Å²) in [7, 11) is 0. The minimum atomic E-state index is -0.362. The van der Waals surface area contributed by atoms with Gasteiger partial charge in [-0.15, -0.1) is 10.2 Å². The molecule has 5 nitrogen and oxygen atoms in total. The van der Waals surface area contributed by atoms with E-state index in [1.54, 1.807) is 0 Å². The Balaban J connectivity index is 1.29. The van der Waals surface area contributed by atoms with Crippen LogP contribution in [0.2, 0.25) is 0 Å². The number of hydrogen-bond donors (Lipinski definition) is 1. The maximum absolute atomic E-state index is 10.9. The van der Waals surface area contributed by atoms with Gasteiger partial charge in [-0.25, -0.2) is 0 Å². The van der Waals surface area contributed by atoms with Gasteiger partial charge in [0.1, 0.15) is 0 Å². The fourth-order valence-electron chi connectivity index (χ4n) is 9.04. The van der Waals surface area contributed by atoms with Crippen molar-refractivity contribution >= 4 is 0 Å². The van der Waals surface area contributed by atoms with Crippen LogP contribution in [-0.4, -0.2) is 30.9 Å². The van der Waals surface area contributed by atoms with Gasteiger partial charge in [0.15, 0.2) is 5.82 Å². The zero-order valence-corrected chi connectivity index (χ0v) is 19.6. The van der Waals surface area contributed by atoms with Crippen molar-refractivity contribution in [3.63, 3.8) is 0 Å². The summed E-state index contributed by atoms with van der Waals surface area (Å²) in [5, 5.41) is 23.7. The van der Waals surface area contributed by atoms with Crippen molar-refractivity contribution in [1.29, 1.82) is 0 Å². The first-order valence-corrected chi connectivity index (χ1v) is 12.8. The Kier molecular flexibility index (Phi) is 5.27. The molecule has 9 atom stereocenters. The Morgan fingerprint density at radius 1 is 1.07 bits per heavy atom. The fraction of sp³-hybridized carbons (Fsp3) is 0.960. The molecule has 4 saturated carbocycles. The molecule has 0 saturated heterocycles. The average molecular weight is 415 g/mol. The van der Waals surface area contributed by atoms with Gasteiger partial charge < -0.3 is 5.11 Å². The van der Waals surface area contributed by atoms with Crippen molar-refractivity contribution in [2.45, 2.75) is 104 Å². The van der Waals surface area contributed by atoms with E-state index in [-0.39, 0.29) is 5.60 Å². The van der Waals surface area contributed by atoms with Crippen LogP contribution in [-0.2, 0) is 6.54 Å². The van der Waals surface area contributed by atoms with E-state index in [1.165, 1.54) is 44.9 Å². The van der Waals surface area contributed by atoms with E-state index in [9.17, 15) is 5.11 Å². The van der Waals surface area contributed by atoms with E-state index in [4.69, 9.17) is 0 Å². The molecule has 1 aromatic heterocycles. The lowest BCUT2D eigenvalue weighted by atomic mass is 9.48. The SMILES string of the molecule is CC[C@@]1(O)CC[C@H]2[C@H](CC[C@@H]3[C@@H]2CC[C@]2(C)[C@@H]([C@H](C)Cn4nnc(C)n4)CC[C@@H]32)C1. The van der Waals surface area contributed by atoms with Crippen molar-refractivity contribution in [2.24, 2.45) is 46.8 Å². The van der Waals surface area contributed by atoms with Crippen LogP contribution in [0.1, 0.15) is 90.8 Å². The predicted octanol–water partition coefficient (Wildman–Crippen LogP) is 5.03. The highest BCUT2D eigenvalue weighted by Gasteiger charge is 2.58. The first kappa shape index (κ1) is 20.9. The van der Waals surface area contributed by atoms with Gasteiger partial charge in [-0.2, -0.15) is 4.80 Å². The molecule has 4 aliphatic carbocycles. The second-order valence-electron chi connectivity index (χ2n) is 11.9. The highest BCUT2D eigenvalue weighted by molar-refractivity contribution is 5.07. The first-order valence-electron chi connectivity index (χ1n) is 12.8. The molecule has 4 aliphatic rings. The number of hydrogen-bond acceptors (Lipinski definition) is 4. The standard InChI is InChI=1S/C25H42N4O/c1-5-25(30)13-11-19-18(14-25)6-7-21-20(19)10-12-24(4)22(8-9-23(21)24)16(2)15-29-27-17(3)26-28-29/h16,18-23,30H,5-15H2,1-4H3/t16-,18-,19+,20-,21-,22-,23+,24-,25-/m1/s1. The minimum absolute atomic E-state index is 0.362. The van der Waals surface area contributed by atoms with Gasteiger partial charge in [0, 0.05) is 0 Å². The Morgan fingerprint density at radius 2 is 1.87 bits per heavy atom. The van der Waals surface area contributed by atoms with Crippen LogP contribution in [0.15, 0.2) is 0 Å². The third-order valence-corrected chi connectivity index (χ3v) is 10.5. The summed E-state index contributed by atoms with van der Waals surface area (Å²) in [6.45, 7) is 10.1. The third kappa shape index (κ3) is 3.34. The predicted molar refractivity (Wildman–Crippen MR) is 118 cm³/mol. The quantitative estimate of drug-likeness (QED) is 0.751. The van der Waals surface area contributed by atoms with Gasteiger partial charge in [0.05, 0.1) is 12.1 Å². The summed E-state index contributed by atoms with van der Waals surface area (Å²) < 4.78 is 0. The number of nitrogens with zero attached hydrogens (tertiary/aromatic N) is 4. The van der Waals surface area contributed by atoms with Crippen molar-refractivity contribution in [3.05, 3.63) is 5.82 Å². The van der Waals surface area contributed by atoms with E-state index in [0.29, 0.717) is 11.3 Å². The molecule has 0 radical (unpaired) electrons. The molecule has 1 N–H and O–H groups in total. The molecule has 168 valence electrons. The zero-order chi connectivity index (χ0) is 21.1. The topological polar surface area (TPSA) is 63.8 Å². The second kappa shape index (κ2) is 7.56. The fourth-order valence-corrected chi connectivity index (χ4v) is 9.04. The van der Waals surface area contributed by atoms with E-state index in [0.717, 1.165) is 67.1 Å². The molecule has 0 aliphatic heterocycles. The molecule has 0 bridgehead atoms. The maximum atomic E-state index is 10.9. The van der Waals surface area contributed by atoms with Crippen LogP contribution >= 0.6 is 0 Å². The van der Waals surface area contributed by atoms with E-state index < -0.39 is 0 Å². The van der Waals surface area contributed by atoms with Gasteiger partial charge >= 0.3 is 0 Å². The van der Waals surface area contributed by atoms with E-state index >= 15 is 0 Å². The smallest absolute Gasteiger partial charge is 0.171 e. The molecule has 5 rings (SSSR count). The maximum Gasteiger partial charge on any atom is 0.171 e. The van der Waals surface area contributed by atoms with Gasteiger partial charge in [0.2, 0.25) is 0 Å². The molecule has 0 amide bonds.